The summed E-state index contributed by atoms with van der Waals surface area (Å²) in [7, 11) is 0. The molecule has 3 rings (SSSR count). The average Bonchev–Trinajstić information content (AvgIpc) is 2.70. The summed E-state index contributed by atoms with van der Waals surface area (Å²) in [5, 5.41) is 4.18. The van der Waals surface area contributed by atoms with Crippen LogP contribution in [0.25, 0.3) is 11.3 Å². The highest BCUT2D eigenvalue weighted by atomic mass is 16.1. The fraction of sp³-hybridized carbons (Fsp3) is 0.190. The monoisotopic (exact) mass is 361 g/mol. The first-order chi connectivity index (χ1) is 13.2. The van der Waals surface area contributed by atoms with E-state index in [4.69, 9.17) is 0 Å². The molecular formula is C21H23N5O. The lowest BCUT2D eigenvalue weighted by Crippen LogP contribution is -2.21. The van der Waals surface area contributed by atoms with E-state index >= 15 is 0 Å². The number of anilines is 2. The molecule has 0 aliphatic rings. The Hall–Kier alpha value is -3.41. The lowest BCUT2D eigenvalue weighted by Gasteiger charge is -2.20. The van der Waals surface area contributed by atoms with Gasteiger partial charge in [-0.1, -0.05) is 42.5 Å². The number of nitrogens with one attached hydrogen (secondary N) is 2. The molecule has 0 aliphatic carbocycles. The molecule has 0 bridgehead atoms. The zero-order valence-electron chi connectivity index (χ0n) is 15.5. The Labute approximate surface area is 158 Å². The van der Waals surface area contributed by atoms with E-state index in [2.05, 4.69) is 51.4 Å². The third kappa shape index (κ3) is 4.82. The Bertz CT molecular complexity index is 944. The number of aromatic nitrogens is 2. The van der Waals surface area contributed by atoms with Crippen molar-refractivity contribution >= 4 is 17.9 Å². The van der Waals surface area contributed by atoms with Crippen molar-refractivity contribution in [1.82, 2.24) is 9.97 Å². The molecule has 1 aromatic heterocycles. The zero-order chi connectivity index (χ0) is 19.1. The highest BCUT2D eigenvalue weighted by Gasteiger charge is 2.03. The summed E-state index contributed by atoms with van der Waals surface area (Å²) in [6, 6.07) is 19.2. The molecule has 2 N–H and O–H groups in total. The van der Waals surface area contributed by atoms with Gasteiger partial charge in [0, 0.05) is 30.4 Å². The Morgan fingerprint density at radius 1 is 1.07 bits per heavy atom. The van der Waals surface area contributed by atoms with Crippen LogP contribution < -0.4 is 15.9 Å². The van der Waals surface area contributed by atoms with Gasteiger partial charge in [0.1, 0.15) is 0 Å². The Morgan fingerprint density at radius 3 is 2.44 bits per heavy atom. The largest absolute Gasteiger partial charge is 0.372 e. The molecular weight excluding hydrogens is 338 g/mol. The van der Waals surface area contributed by atoms with Crippen molar-refractivity contribution in [2.45, 2.75) is 13.8 Å². The second kappa shape index (κ2) is 8.80. The maximum absolute atomic E-state index is 11.9. The summed E-state index contributed by atoms with van der Waals surface area (Å²) in [5.74, 6) is 0.303. The van der Waals surface area contributed by atoms with E-state index in [9.17, 15) is 4.79 Å². The van der Waals surface area contributed by atoms with E-state index in [0.717, 1.165) is 24.2 Å². The predicted octanol–water partition coefficient (Wildman–Crippen LogP) is 3.73. The van der Waals surface area contributed by atoms with Crippen LogP contribution in [0.5, 0.6) is 0 Å². The number of rotatable bonds is 7. The maximum atomic E-state index is 11.9. The Kier molecular flexibility index (Phi) is 5.99. The third-order valence-electron chi connectivity index (χ3n) is 4.22. The summed E-state index contributed by atoms with van der Waals surface area (Å²) >= 11 is 0. The van der Waals surface area contributed by atoms with E-state index in [1.165, 1.54) is 11.8 Å². The Balaban J connectivity index is 1.71. The molecule has 0 radical (unpaired) electrons. The topological polar surface area (TPSA) is 73.4 Å². The van der Waals surface area contributed by atoms with Gasteiger partial charge in [-0.15, -0.1) is 0 Å². The van der Waals surface area contributed by atoms with E-state index in [1.807, 2.05) is 42.5 Å². The molecule has 2 aromatic carbocycles. The molecule has 3 aromatic rings. The fourth-order valence-corrected chi connectivity index (χ4v) is 2.80. The van der Waals surface area contributed by atoms with Crippen LogP contribution in [0.3, 0.4) is 0 Å². The first-order valence-electron chi connectivity index (χ1n) is 9.00. The lowest BCUT2D eigenvalue weighted by molar-refractivity contribution is 0.866. The lowest BCUT2D eigenvalue weighted by atomic mass is 10.1. The SMILES string of the molecule is CCN(CC)c1ccc(/C=N/Nc2nc(-c3ccccc3)cc(=O)[nH]2)cc1. The van der Waals surface area contributed by atoms with Gasteiger partial charge >= 0.3 is 0 Å². The summed E-state index contributed by atoms with van der Waals surface area (Å²) in [4.78, 5) is 21.2. The number of nitrogens with zero attached hydrogens (tertiary/aromatic N) is 3. The van der Waals surface area contributed by atoms with Crippen molar-refractivity contribution in [2.24, 2.45) is 5.10 Å². The van der Waals surface area contributed by atoms with Crippen LogP contribution >= 0.6 is 0 Å². The molecule has 0 unspecified atom stereocenters. The summed E-state index contributed by atoms with van der Waals surface area (Å²) < 4.78 is 0. The number of hydrazone groups is 1. The van der Waals surface area contributed by atoms with Crippen LogP contribution in [0.1, 0.15) is 19.4 Å². The minimum Gasteiger partial charge on any atom is -0.372 e. The molecule has 6 heteroatoms. The first-order valence-corrected chi connectivity index (χ1v) is 9.00. The molecule has 27 heavy (non-hydrogen) atoms. The van der Waals surface area contributed by atoms with Gasteiger partial charge in [-0.2, -0.15) is 5.10 Å². The average molecular weight is 361 g/mol. The number of benzene rings is 2. The van der Waals surface area contributed by atoms with Crippen LogP contribution in [0.15, 0.2) is 70.6 Å². The van der Waals surface area contributed by atoms with E-state index in [0.29, 0.717) is 11.6 Å². The Morgan fingerprint density at radius 2 is 1.78 bits per heavy atom. The molecule has 138 valence electrons. The quantitative estimate of drug-likeness (QED) is 0.497. The van der Waals surface area contributed by atoms with E-state index in [1.54, 1.807) is 6.21 Å². The molecule has 0 atom stereocenters. The first kappa shape index (κ1) is 18.4. The van der Waals surface area contributed by atoms with Crippen LogP contribution in [0.4, 0.5) is 11.6 Å². The number of aromatic amines is 1. The molecule has 0 aliphatic heterocycles. The summed E-state index contributed by atoms with van der Waals surface area (Å²) in [5.41, 5.74) is 6.19. The molecule has 0 amide bonds. The summed E-state index contributed by atoms with van der Waals surface area (Å²) in [6.07, 6.45) is 1.70. The fourth-order valence-electron chi connectivity index (χ4n) is 2.80. The van der Waals surface area contributed by atoms with Gasteiger partial charge in [0.2, 0.25) is 5.95 Å². The van der Waals surface area contributed by atoms with Crippen molar-refractivity contribution in [1.29, 1.82) is 0 Å². The second-order valence-electron chi connectivity index (χ2n) is 5.98. The standard InChI is InChI=1S/C21H23N5O/c1-3-26(4-2)18-12-10-16(11-13-18)15-22-25-21-23-19(14-20(27)24-21)17-8-6-5-7-9-17/h5-15H,3-4H2,1-2H3,(H2,23,24,25,27)/b22-15+. The highest BCUT2D eigenvalue weighted by molar-refractivity contribution is 5.80. The zero-order valence-corrected chi connectivity index (χ0v) is 15.5. The minimum atomic E-state index is -0.231. The maximum Gasteiger partial charge on any atom is 0.252 e. The minimum absolute atomic E-state index is 0.231. The van der Waals surface area contributed by atoms with Crippen molar-refractivity contribution in [2.75, 3.05) is 23.4 Å². The van der Waals surface area contributed by atoms with Gasteiger partial charge in [-0.05, 0) is 31.5 Å². The van der Waals surface area contributed by atoms with Crippen LogP contribution in [0, 0.1) is 0 Å². The van der Waals surface area contributed by atoms with Crippen LogP contribution in [-0.2, 0) is 0 Å². The number of hydrogen-bond donors (Lipinski definition) is 2. The molecule has 1 heterocycles. The number of H-pyrrole nitrogens is 1. The van der Waals surface area contributed by atoms with Gasteiger partial charge in [0.05, 0.1) is 11.9 Å². The number of hydrogen-bond acceptors (Lipinski definition) is 5. The van der Waals surface area contributed by atoms with Crippen molar-refractivity contribution in [3.8, 4) is 11.3 Å². The van der Waals surface area contributed by atoms with Gasteiger partial charge in [-0.3, -0.25) is 9.78 Å². The summed E-state index contributed by atoms with van der Waals surface area (Å²) in [6.45, 7) is 6.23. The second-order valence-corrected chi connectivity index (χ2v) is 5.98. The normalized spacial score (nSPS) is 10.9. The van der Waals surface area contributed by atoms with Crippen LogP contribution in [-0.4, -0.2) is 29.3 Å². The molecule has 0 saturated carbocycles. The molecule has 6 nitrogen and oxygen atoms in total. The molecule has 0 fully saturated rings. The van der Waals surface area contributed by atoms with Gasteiger partial charge in [0.15, 0.2) is 0 Å². The van der Waals surface area contributed by atoms with Crippen molar-refractivity contribution < 1.29 is 0 Å². The predicted molar refractivity (Wildman–Crippen MR) is 112 cm³/mol. The smallest absolute Gasteiger partial charge is 0.252 e. The van der Waals surface area contributed by atoms with Gasteiger partial charge < -0.3 is 4.90 Å². The van der Waals surface area contributed by atoms with Gasteiger partial charge in [-0.25, -0.2) is 10.4 Å². The van der Waals surface area contributed by atoms with Gasteiger partial charge in [0.25, 0.3) is 5.56 Å². The van der Waals surface area contributed by atoms with Crippen LogP contribution in [0.2, 0.25) is 0 Å². The molecule has 0 spiro atoms. The highest BCUT2D eigenvalue weighted by Crippen LogP contribution is 2.16. The van der Waals surface area contributed by atoms with Crippen molar-refractivity contribution in [3.05, 3.63) is 76.6 Å². The van der Waals surface area contributed by atoms with Crippen molar-refractivity contribution in [3.63, 3.8) is 0 Å². The van der Waals surface area contributed by atoms with E-state index < -0.39 is 0 Å². The molecule has 0 saturated heterocycles. The third-order valence-corrected chi connectivity index (χ3v) is 4.22. The van der Waals surface area contributed by atoms with E-state index in [-0.39, 0.29) is 5.56 Å².